The maximum Gasteiger partial charge on any atom is 0.354 e. The Morgan fingerprint density at radius 2 is 1.44 bits per heavy atom. The molecule has 1 saturated carbocycles. The van der Waals surface area contributed by atoms with Crippen molar-refractivity contribution in [1.82, 2.24) is 15.3 Å². The quantitative estimate of drug-likeness (QED) is 0.0710. The number of esters is 1. The SMILES string of the molecule is CC(C)OC(=O)C(N)(O)[C@H](CC1CCCCC1)C(=O)[C@H](Cc1c[nH]cn1)NC(=O)C(Cc1cccc2ccccc12)Cc1cccc2ccccc12. The third-order valence-corrected chi connectivity index (χ3v) is 10.5. The summed E-state index contributed by atoms with van der Waals surface area (Å²) >= 11 is 0. The summed E-state index contributed by atoms with van der Waals surface area (Å²) in [5.41, 5.74) is 6.43. The fourth-order valence-corrected chi connectivity index (χ4v) is 7.82. The number of benzene rings is 4. The standard InChI is InChI=1S/C43H50N4O5/c1-28(2)52-42(50)43(44,51)38(22-29-12-4-3-5-13-29)40(48)39(25-35-26-45-27-46-35)47-41(49)34(23-32-18-10-16-30-14-6-8-20-36(30)32)24-33-19-11-17-31-15-7-9-21-37(31)33/h6-11,14-21,26-29,34,38-39,51H,3-5,12-13,22-25,44H2,1-2H3,(H,45,46)(H,47,49)/t38-,39+,43?/m1/s1. The number of H-pyrrole nitrogens is 1. The number of rotatable bonds is 15. The molecule has 1 amide bonds. The molecule has 272 valence electrons. The van der Waals surface area contributed by atoms with E-state index < -0.39 is 41.5 Å². The minimum absolute atomic E-state index is 0.0554. The Morgan fingerprint density at radius 3 is 2.00 bits per heavy atom. The Kier molecular flexibility index (Phi) is 11.8. The second kappa shape index (κ2) is 16.7. The van der Waals surface area contributed by atoms with E-state index >= 15 is 0 Å². The van der Waals surface area contributed by atoms with Crippen LogP contribution in [-0.4, -0.2) is 50.6 Å². The number of imidazole rings is 1. The van der Waals surface area contributed by atoms with E-state index in [4.69, 9.17) is 10.5 Å². The second-order valence-electron chi connectivity index (χ2n) is 14.7. The van der Waals surface area contributed by atoms with E-state index in [2.05, 4.69) is 51.7 Å². The van der Waals surface area contributed by atoms with Gasteiger partial charge < -0.3 is 20.1 Å². The van der Waals surface area contributed by atoms with E-state index in [0.29, 0.717) is 18.5 Å². The van der Waals surface area contributed by atoms with Crippen LogP contribution in [0.3, 0.4) is 0 Å². The Hall–Kier alpha value is -4.86. The summed E-state index contributed by atoms with van der Waals surface area (Å²) < 4.78 is 5.37. The fraction of sp³-hybridized carbons (Fsp3) is 0.395. The molecule has 1 aromatic heterocycles. The number of fused-ring (bicyclic) bond motifs is 2. The normalized spacial score (nSPS) is 16.1. The molecule has 0 bridgehead atoms. The van der Waals surface area contributed by atoms with Crippen LogP contribution in [0.25, 0.3) is 21.5 Å². The molecule has 9 heteroatoms. The molecule has 5 aromatic rings. The molecular weight excluding hydrogens is 652 g/mol. The van der Waals surface area contributed by atoms with Gasteiger partial charge in [0.05, 0.1) is 30.1 Å². The number of hydrogen-bond acceptors (Lipinski definition) is 7. The van der Waals surface area contributed by atoms with Crippen molar-refractivity contribution in [2.24, 2.45) is 23.5 Å². The molecular formula is C43H50N4O5. The Bertz CT molecular complexity index is 1890. The average molecular weight is 703 g/mol. The highest BCUT2D eigenvalue weighted by atomic mass is 16.6. The highest BCUT2D eigenvalue weighted by Gasteiger charge is 2.49. The van der Waals surface area contributed by atoms with Crippen LogP contribution in [0.2, 0.25) is 0 Å². The number of carbonyl (C=O) groups excluding carboxylic acids is 3. The third-order valence-electron chi connectivity index (χ3n) is 10.5. The van der Waals surface area contributed by atoms with Crippen molar-refractivity contribution in [1.29, 1.82) is 0 Å². The lowest BCUT2D eigenvalue weighted by Crippen LogP contribution is -2.61. The van der Waals surface area contributed by atoms with Gasteiger partial charge in [0.2, 0.25) is 11.6 Å². The van der Waals surface area contributed by atoms with Crippen LogP contribution < -0.4 is 11.1 Å². The molecule has 3 atom stereocenters. The van der Waals surface area contributed by atoms with Gasteiger partial charge >= 0.3 is 5.97 Å². The lowest BCUT2D eigenvalue weighted by molar-refractivity contribution is -0.179. The first-order valence-corrected chi connectivity index (χ1v) is 18.6. The number of amides is 1. The van der Waals surface area contributed by atoms with E-state index in [9.17, 15) is 19.5 Å². The van der Waals surface area contributed by atoms with E-state index in [0.717, 1.165) is 64.8 Å². The van der Waals surface area contributed by atoms with Gasteiger partial charge in [0.25, 0.3) is 0 Å². The van der Waals surface area contributed by atoms with Gasteiger partial charge in [0, 0.05) is 18.5 Å². The molecule has 1 aliphatic rings. The molecule has 0 spiro atoms. The molecule has 1 unspecified atom stereocenters. The van der Waals surface area contributed by atoms with Crippen LogP contribution in [0.4, 0.5) is 0 Å². The third kappa shape index (κ3) is 8.77. The minimum Gasteiger partial charge on any atom is -0.460 e. The monoisotopic (exact) mass is 702 g/mol. The predicted octanol–water partition coefficient (Wildman–Crippen LogP) is 6.60. The van der Waals surface area contributed by atoms with Crippen molar-refractivity contribution < 1.29 is 24.2 Å². The Labute approximate surface area is 305 Å². The summed E-state index contributed by atoms with van der Waals surface area (Å²) in [4.78, 5) is 50.1. The van der Waals surface area contributed by atoms with Gasteiger partial charge in [-0.25, -0.2) is 9.78 Å². The first-order chi connectivity index (χ1) is 25.1. The van der Waals surface area contributed by atoms with Crippen molar-refractivity contribution in [3.05, 3.63) is 114 Å². The van der Waals surface area contributed by atoms with Gasteiger partial charge in [-0.15, -0.1) is 0 Å². The van der Waals surface area contributed by atoms with E-state index in [1.54, 1.807) is 20.0 Å². The largest absolute Gasteiger partial charge is 0.460 e. The first kappa shape index (κ1) is 36.9. The number of nitrogens with zero attached hydrogens (tertiary/aromatic N) is 1. The molecule has 0 radical (unpaired) electrons. The maximum absolute atomic E-state index is 14.8. The maximum atomic E-state index is 14.8. The summed E-state index contributed by atoms with van der Waals surface area (Å²) in [5, 5.41) is 19.0. The zero-order valence-electron chi connectivity index (χ0n) is 30.1. The van der Waals surface area contributed by atoms with Crippen LogP contribution in [0, 0.1) is 17.8 Å². The number of aromatic amines is 1. The topological polar surface area (TPSA) is 147 Å². The van der Waals surface area contributed by atoms with Crippen LogP contribution in [0.5, 0.6) is 0 Å². The molecule has 52 heavy (non-hydrogen) atoms. The number of ketones is 1. The molecule has 9 nitrogen and oxygen atoms in total. The van der Waals surface area contributed by atoms with Gasteiger partial charge in [0.1, 0.15) is 0 Å². The molecule has 4 aromatic carbocycles. The average Bonchev–Trinajstić information content (AvgIpc) is 3.66. The lowest BCUT2D eigenvalue weighted by atomic mass is 9.76. The number of ether oxygens (including phenoxy) is 1. The number of Topliss-reactive ketones (excluding diaryl/α,β-unsaturated/α-hetero) is 1. The molecule has 0 aliphatic heterocycles. The molecule has 0 saturated heterocycles. The molecule has 1 fully saturated rings. The lowest BCUT2D eigenvalue weighted by Gasteiger charge is -2.35. The zero-order chi connectivity index (χ0) is 36.7. The summed E-state index contributed by atoms with van der Waals surface area (Å²) in [7, 11) is 0. The van der Waals surface area contributed by atoms with Crippen molar-refractivity contribution >= 4 is 39.2 Å². The number of nitrogens with two attached hydrogens (primary N) is 1. The zero-order valence-corrected chi connectivity index (χ0v) is 30.1. The fourth-order valence-electron chi connectivity index (χ4n) is 7.82. The first-order valence-electron chi connectivity index (χ1n) is 18.6. The smallest absolute Gasteiger partial charge is 0.354 e. The minimum atomic E-state index is -2.58. The molecule has 1 aliphatic carbocycles. The molecule has 1 heterocycles. The predicted molar refractivity (Wildman–Crippen MR) is 203 cm³/mol. The van der Waals surface area contributed by atoms with E-state index in [1.165, 1.54) is 6.33 Å². The molecule has 6 rings (SSSR count). The van der Waals surface area contributed by atoms with E-state index in [-0.39, 0.29) is 24.7 Å². The van der Waals surface area contributed by atoms with Crippen LogP contribution in [0.1, 0.15) is 69.2 Å². The van der Waals surface area contributed by atoms with Gasteiger partial charge in [0.15, 0.2) is 5.78 Å². The van der Waals surface area contributed by atoms with Crippen LogP contribution in [-0.2, 0) is 38.4 Å². The van der Waals surface area contributed by atoms with Crippen molar-refractivity contribution in [3.8, 4) is 0 Å². The van der Waals surface area contributed by atoms with Crippen molar-refractivity contribution in [3.63, 3.8) is 0 Å². The number of nitrogens with one attached hydrogen (secondary N) is 2. The van der Waals surface area contributed by atoms with Gasteiger partial charge in [-0.1, -0.05) is 117 Å². The number of aliphatic hydroxyl groups is 1. The molecule has 5 N–H and O–H groups in total. The number of aromatic nitrogens is 2. The van der Waals surface area contributed by atoms with E-state index in [1.807, 2.05) is 48.5 Å². The van der Waals surface area contributed by atoms with Gasteiger partial charge in [-0.3, -0.25) is 15.3 Å². The Balaban J connectivity index is 1.36. The highest BCUT2D eigenvalue weighted by Crippen LogP contribution is 2.34. The summed E-state index contributed by atoms with van der Waals surface area (Å²) in [6.07, 6.45) is 8.60. The summed E-state index contributed by atoms with van der Waals surface area (Å²) in [6.45, 7) is 3.33. The van der Waals surface area contributed by atoms with Crippen LogP contribution in [0.15, 0.2) is 97.5 Å². The second-order valence-corrected chi connectivity index (χ2v) is 14.7. The van der Waals surface area contributed by atoms with Crippen molar-refractivity contribution in [2.45, 2.75) is 89.5 Å². The van der Waals surface area contributed by atoms with Gasteiger partial charge in [-0.05, 0) is 71.7 Å². The van der Waals surface area contributed by atoms with Crippen LogP contribution >= 0.6 is 0 Å². The highest BCUT2D eigenvalue weighted by molar-refractivity contribution is 5.96. The summed E-state index contributed by atoms with van der Waals surface area (Å²) in [5.74, 6) is -3.65. The number of carbonyl (C=O) groups is 3. The Morgan fingerprint density at radius 1 is 0.865 bits per heavy atom. The van der Waals surface area contributed by atoms with Crippen molar-refractivity contribution in [2.75, 3.05) is 0 Å². The van der Waals surface area contributed by atoms with Gasteiger partial charge in [-0.2, -0.15) is 0 Å². The number of hydrogen-bond donors (Lipinski definition) is 4. The summed E-state index contributed by atoms with van der Waals surface area (Å²) in [6, 6.07) is 27.3.